The fraction of sp³-hybridized carbons (Fsp3) is 0.300. The van der Waals surface area contributed by atoms with Crippen molar-refractivity contribution in [2.24, 2.45) is 0 Å². The molecule has 6 nitrogen and oxygen atoms in total. The zero-order chi connectivity index (χ0) is 18.5. The molecule has 3 amide bonds. The van der Waals surface area contributed by atoms with Crippen LogP contribution in [0.3, 0.4) is 0 Å². The minimum Gasteiger partial charge on any atom is -0.496 e. The molecule has 6 heteroatoms. The summed E-state index contributed by atoms with van der Waals surface area (Å²) < 4.78 is 5.30. The molecule has 0 heterocycles. The van der Waals surface area contributed by atoms with Crippen molar-refractivity contribution in [3.63, 3.8) is 0 Å². The lowest BCUT2D eigenvalue weighted by Crippen LogP contribution is -2.30. The monoisotopic (exact) mass is 353 g/mol. The number of rotatable bonds is 6. The fourth-order valence-corrected chi connectivity index (χ4v) is 2.54. The van der Waals surface area contributed by atoms with Crippen LogP contribution in [0.15, 0.2) is 42.5 Å². The SMILES string of the molecule is COc1cc(CNC(=O)c2ccc(NC(=O)NC3CC3)cc2)ccc1C. The molecule has 0 radical (unpaired) electrons. The van der Waals surface area contributed by atoms with Gasteiger partial charge < -0.3 is 20.7 Å². The Hall–Kier alpha value is -3.02. The van der Waals surface area contributed by atoms with Crippen molar-refractivity contribution in [1.29, 1.82) is 0 Å². The van der Waals surface area contributed by atoms with Crippen LogP contribution in [0.5, 0.6) is 5.75 Å². The van der Waals surface area contributed by atoms with Gasteiger partial charge in [0.1, 0.15) is 5.75 Å². The largest absolute Gasteiger partial charge is 0.496 e. The topological polar surface area (TPSA) is 79.5 Å². The van der Waals surface area contributed by atoms with Gasteiger partial charge in [-0.1, -0.05) is 12.1 Å². The number of benzene rings is 2. The van der Waals surface area contributed by atoms with Crippen molar-refractivity contribution in [2.45, 2.75) is 32.4 Å². The third-order valence-corrected chi connectivity index (χ3v) is 4.24. The fourth-order valence-electron chi connectivity index (χ4n) is 2.54. The highest BCUT2D eigenvalue weighted by Crippen LogP contribution is 2.20. The van der Waals surface area contributed by atoms with Gasteiger partial charge in [-0.15, -0.1) is 0 Å². The Bertz CT molecular complexity index is 798. The van der Waals surface area contributed by atoms with E-state index in [1.165, 1.54) is 0 Å². The second kappa shape index (κ2) is 7.91. The van der Waals surface area contributed by atoms with Gasteiger partial charge in [-0.3, -0.25) is 4.79 Å². The number of hydrogen-bond donors (Lipinski definition) is 3. The standard InChI is InChI=1S/C20H23N3O3/c1-13-3-4-14(11-18(13)26-2)12-21-19(24)15-5-7-16(8-6-15)22-20(25)23-17-9-10-17/h3-8,11,17H,9-10,12H2,1-2H3,(H,21,24)(H2,22,23,25). The first kappa shape index (κ1) is 17.8. The van der Waals surface area contributed by atoms with E-state index >= 15 is 0 Å². The van der Waals surface area contributed by atoms with E-state index in [-0.39, 0.29) is 11.9 Å². The number of urea groups is 1. The number of amides is 3. The van der Waals surface area contributed by atoms with Gasteiger partial charge in [-0.05, 0) is 61.2 Å². The average molecular weight is 353 g/mol. The van der Waals surface area contributed by atoms with Gasteiger partial charge in [0.2, 0.25) is 0 Å². The van der Waals surface area contributed by atoms with Crippen molar-refractivity contribution < 1.29 is 14.3 Å². The highest BCUT2D eigenvalue weighted by Gasteiger charge is 2.23. The maximum absolute atomic E-state index is 12.3. The molecular weight excluding hydrogens is 330 g/mol. The summed E-state index contributed by atoms with van der Waals surface area (Å²) in [5.41, 5.74) is 3.22. The lowest BCUT2D eigenvalue weighted by atomic mass is 10.1. The molecule has 2 aromatic rings. The summed E-state index contributed by atoms with van der Waals surface area (Å²) in [6, 6.07) is 12.8. The Kier molecular flexibility index (Phi) is 5.41. The van der Waals surface area contributed by atoms with E-state index in [9.17, 15) is 9.59 Å². The van der Waals surface area contributed by atoms with Crippen LogP contribution in [-0.4, -0.2) is 25.1 Å². The van der Waals surface area contributed by atoms with Crippen LogP contribution in [0.25, 0.3) is 0 Å². The van der Waals surface area contributed by atoms with Gasteiger partial charge in [0.15, 0.2) is 0 Å². The van der Waals surface area contributed by atoms with Gasteiger partial charge >= 0.3 is 6.03 Å². The highest BCUT2D eigenvalue weighted by molar-refractivity contribution is 5.95. The number of methoxy groups -OCH3 is 1. The first-order valence-electron chi connectivity index (χ1n) is 8.64. The Morgan fingerprint density at radius 3 is 2.50 bits per heavy atom. The lowest BCUT2D eigenvalue weighted by molar-refractivity contribution is 0.0951. The number of ether oxygens (including phenoxy) is 1. The highest BCUT2D eigenvalue weighted by atomic mass is 16.5. The van der Waals surface area contributed by atoms with Gasteiger partial charge in [-0.2, -0.15) is 0 Å². The van der Waals surface area contributed by atoms with Crippen LogP contribution in [0.1, 0.15) is 34.3 Å². The quantitative estimate of drug-likeness (QED) is 0.746. The smallest absolute Gasteiger partial charge is 0.319 e. The maximum atomic E-state index is 12.3. The van der Waals surface area contributed by atoms with E-state index in [1.54, 1.807) is 31.4 Å². The van der Waals surface area contributed by atoms with E-state index < -0.39 is 0 Å². The van der Waals surface area contributed by atoms with Crippen molar-refractivity contribution in [1.82, 2.24) is 10.6 Å². The Labute approximate surface area is 152 Å². The average Bonchev–Trinajstić information content (AvgIpc) is 3.45. The molecule has 0 saturated heterocycles. The molecule has 0 aromatic heterocycles. The van der Waals surface area contributed by atoms with E-state index in [0.717, 1.165) is 29.7 Å². The number of carbonyl (C=O) groups is 2. The van der Waals surface area contributed by atoms with Crippen molar-refractivity contribution in [2.75, 3.05) is 12.4 Å². The molecule has 1 fully saturated rings. The molecule has 0 aliphatic heterocycles. The van der Waals surface area contributed by atoms with Crippen LogP contribution in [0, 0.1) is 6.92 Å². The number of hydrogen-bond acceptors (Lipinski definition) is 3. The zero-order valence-corrected chi connectivity index (χ0v) is 15.0. The number of carbonyl (C=O) groups excluding carboxylic acids is 2. The summed E-state index contributed by atoms with van der Waals surface area (Å²) in [4.78, 5) is 24.0. The number of anilines is 1. The summed E-state index contributed by atoms with van der Waals surface area (Å²) in [6.45, 7) is 2.39. The summed E-state index contributed by atoms with van der Waals surface area (Å²) in [6.07, 6.45) is 2.08. The predicted molar refractivity (Wildman–Crippen MR) is 101 cm³/mol. The van der Waals surface area contributed by atoms with Gasteiger partial charge in [0.05, 0.1) is 7.11 Å². The lowest BCUT2D eigenvalue weighted by Gasteiger charge is -2.10. The molecule has 2 aromatic carbocycles. The summed E-state index contributed by atoms with van der Waals surface area (Å²) >= 11 is 0. The molecule has 0 spiro atoms. The molecule has 136 valence electrons. The molecule has 3 N–H and O–H groups in total. The summed E-state index contributed by atoms with van der Waals surface area (Å²) in [5, 5.41) is 8.50. The van der Waals surface area contributed by atoms with Gasteiger partial charge in [0, 0.05) is 23.8 Å². The normalized spacial score (nSPS) is 13.0. The second-order valence-electron chi connectivity index (χ2n) is 6.44. The van der Waals surface area contributed by atoms with Gasteiger partial charge in [0.25, 0.3) is 5.91 Å². The Morgan fingerprint density at radius 1 is 1.12 bits per heavy atom. The Morgan fingerprint density at radius 2 is 1.85 bits per heavy atom. The third-order valence-electron chi connectivity index (χ3n) is 4.24. The first-order chi connectivity index (χ1) is 12.5. The van der Waals surface area contributed by atoms with Crippen molar-refractivity contribution >= 4 is 17.6 Å². The number of nitrogens with one attached hydrogen (secondary N) is 3. The van der Waals surface area contributed by atoms with Gasteiger partial charge in [-0.25, -0.2) is 4.79 Å². The summed E-state index contributed by atoms with van der Waals surface area (Å²) in [5.74, 6) is 0.634. The Balaban J connectivity index is 1.53. The molecule has 0 atom stereocenters. The molecule has 3 rings (SSSR count). The van der Waals surface area contributed by atoms with E-state index in [1.807, 2.05) is 25.1 Å². The zero-order valence-electron chi connectivity index (χ0n) is 15.0. The van der Waals surface area contributed by atoms with Crippen LogP contribution < -0.4 is 20.7 Å². The van der Waals surface area contributed by atoms with Crippen molar-refractivity contribution in [3.8, 4) is 5.75 Å². The molecule has 26 heavy (non-hydrogen) atoms. The second-order valence-corrected chi connectivity index (χ2v) is 6.44. The van der Waals surface area contributed by atoms with E-state index in [4.69, 9.17) is 4.74 Å². The maximum Gasteiger partial charge on any atom is 0.319 e. The van der Waals surface area contributed by atoms with Crippen LogP contribution in [-0.2, 0) is 6.54 Å². The molecular formula is C20H23N3O3. The predicted octanol–water partition coefficient (Wildman–Crippen LogP) is 3.22. The molecule has 1 aliphatic rings. The van der Waals surface area contributed by atoms with Crippen LogP contribution in [0.2, 0.25) is 0 Å². The molecule has 1 aliphatic carbocycles. The van der Waals surface area contributed by atoms with Crippen LogP contribution >= 0.6 is 0 Å². The molecule has 0 bridgehead atoms. The van der Waals surface area contributed by atoms with E-state index in [0.29, 0.717) is 23.8 Å². The minimum absolute atomic E-state index is 0.168. The first-order valence-corrected chi connectivity index (χ1v) is 8.64. The third kappa shape index (κ3) is 4.75. The minimum atomic E-state index is -0.210. The summed E-state index contributed by atoms with van der Waals surface area (Å²) in [7, 11) is 1.63. The van der Waals surface area contributed by atoms with Crippen LogP contribution in [0.4, 0.5) is 10.5 Å². The molecule has 1 saturated carbocycles. The number of aryl methyl sites for hydroxylation is 1. The van der Waals surface area contributed by atoms with E-state index in [2.05, 4.69) is 16.0 Å². The van der Waals surface area contributed by atoms with Crippen molar-refractivity contribution in [3.05, 3.63) is 59.2 Å². The molecule has 0 unspecified atom stereocenters.